The molecule has 0 saturated carbocycles. The van der Waals surface area contributed by atoms with Crippen LogP contribution in [0.1, 0.15) is 26.7 Å². The van der Waals surface area contributed by atoms with Crippen molar-refractivity contribution in [3.63, 3.8) is 0 Å². The number of nitrogen functional groups attached to an aromatic ring is 1. The molecule has 0 aromatic heterocycles. The number of rotatable bonds is 4. The van der Waals surface area contributed by atoms with Crippen LogP contribution in [0.2, 0.25) is 0 Å². The summed E-state index contributed by atoms with van der Waals surface area (Å²) in [5.74, 6) is -0.360. The molecule has 1 aromatic rings. The SMILES string of the molecule is CCC(CC)Nc1cccc(F)c1N. The first-order valence-electron chi connectivity index (χ1n) is 4.99. The molecule has 0 aliphatic heterocycles. The maximum atomic E-state index is 13.1. The molecule has 0 aliphatic rings. The summed E-state index contributed by atoms with van der Waals surface area (Å²) in [6, 6.07) is 5.19. The number of anilines is 2. The molecule has 0 bridgehead atoms. The van der Waals surface area contributed by atoms with E-state index in [9.17, 15) is 4.39 Å². The molecule has 0 aliphatic carbocycles. The standard InChI is InChI=1S/C11H17FN2/c1-3-8(4-2)14-10-7-5-6-9(12)11(10)13/h5-8,14H,3-4,13H2,1-2H3. The first-order chi connectivity index (χ1) is 6.69. The van der Waals surface area contributed by atoms with Gasteiger partial charge < -0.3 is 11.1 Å². The molecule has 0 spiro atoms. The van der Waals surface area contributed by atoms with E-state index in [0.717, 1.165) is 12.8 Å². The van der Waals surface area contributed by atoms with Crippen LogP contribution in [0.15, 0.2) is 18.2 Å². The minimum Gasteiger partial charge on any atom is -0.395 e. The lowest BCUT2D eigenvalue weighted by molar-refractivity contribution is 0.630. The summed E-state index contributed by atoms with van der Waals surface area (Å²) in [6.45, 7) is 4.19. The lowest BCUT2D eigenvalue weighted by Crippen LogP contribution is -2.18. The zero-order valence-corrected chi connectivity index (χ0v) is 8.68. The molecule has 0 fully saturated rings. The highest BCUT2D eigenvalue weighted by molar-refractivity contribution is 5.66. The Balaban J connectivity index is 2.80. The first kappa shape index (κ1) is 10.8. The number of nitrogens with one attached hydrogen (secondary N) is 1. The van der Waals surface area contributed by atoms with Crippen molar-refractivity contribution >= 4 is 11.4 Å². The van der Waals surface area contributed by atoms with E-state index in [1.807, 2.05) is 0 Å². The number of benzene rings is 1. The van der Waals surface area contributed by atoms with E-state index in [1.165, 1.54) is 6.07 Å². The molecule has 0 unspecified atom stereocenters. The quantitative estimate of drug-likeness (QED) is 0.726. The lowest BCUT2D eigenvalue weighted by atomic mass is 10.1. The van der Waals surface area contributed by atoms with Crippen LogP contribution in [0.25, 0.3) is 0 Å². The van der Waals surface area contributed by atoms with E-state index >= 15 is 0 Å². The van der Waals surface area contributed by atoms with E-state index in [0.29, 0.717) is 11.7 Å². The molecule has 1 rings (SSSR count). The number of nitrogens with two attached hydrogens (primary N) is 1. The summed E-state index contributed by atoms with van der Waals surface area (Å²) >= 11 is 0. The van der Waals surface area contributed by atoms with Crippen molar-refractivity contribution in [2.45, 2.75) is 32.7 Å². The van der Waals surface area contributed by atoms with Crippen molar-refractivity contribution in [3.05, 3.63) is 24.0 Å². The van der Waals surface area contributed by atoms with Crippen LogP contribution in [0.5, 0.6) is 0 Å². The average Bonchev–Trinajstić information content (AvgIpc) is 2.20. The van der Waals surface area contributed by atoms with Crippen molar-refractivity contribution in [2.75, 3.05) is 11.1 Å². The highest BCUT2D eigenvalue weighted by Crippen LogP contribution is 2.22. The van der Waals surface area contributed by atoms with Gasteiger partial charge in [0.1, 0.15) is 5.82 Å². The molecule has 0 heterocycles. The summed E-state index contributed by atoms with van der Waals surface area (Å²) in [5.41, 5.74) is 6.50. The van der Waals surface area contributed by atoms with Gasteiger partial charge in [0.25, 0.3) is 0 Å². The third-order valence-corrected chi connectivity index (χ3v) is 2.40. The third-order valence-electron chi connectivity index (χ3n) is 2.40. The lowest BCUT2D eigenvalue weighted by Gasteiger charge is -2.17. The van der Waals surface area contributed by atoms with E-state index in [2.05, 4.69) is 19.2 Å². The van der Waals surface area contributed by atoms with Gasteiger partial charge in [-0.2, -0.15) is 0 Å². The molecule has 0 amide bonds. The fraction of sp³-hybridized carbons (Fsp3) is 0.455. The number of halogens is 1. The summed E-state index contributed by atoms with van der Waals surface area (Å²) < 4.78 is 13.1. The number of hydrogen-bond donors (Lipinski definition) is 2. The number of hydrogen-bond acceptors (Lipinski definition) is 2. The van der Waals surface area contributed by atoms with Crippen LogP contribution in [0.3, 0.4) is 0 Å². The van der Waals surface area contributed by atoms with Crippen LogP contribution in [-0.2, 0) is 0 Å². The molecule has 14 heavy (non-hydrogen) atoms. The van der Waals surface area contributed by atoms with Crippen LogP contribution < -0.4 is 11.1 Å². The highest BCUT2D eigenvalue weighted by atomic mass is 19.1. The van der Waals surface area contributed by atoms with Crippen molar-refractivity contribution in [1.29, 1.82) is 0 Å². The molecule has 3 N–H and O–H groups in total. The topological polar surface area (TPSA) is 38.0 Å². The molecule has 0 saturated heterocycles. The van der Waals surface area contributed by atoms with Crippen molar-refractivity contribution < 1.29 is 4.39 Å². The molecular formula is C11H17FN2. The van der Waals surface area contributed by atoms with E-state index in [-0.39, 0.29) is 11.5 Å². The van der Waals surface area contributed by atoms with Gasteiger partial charge in [0.2, 0.25) is 0 Å². The van der Waals surface area contributed by atoms with Gasteiger partial charge in [-0.3, -0.25) is 0 Å². The van der Waals surface area contributed by atoms with Crippen LogP contribution in [0, 0.1) is 5.82 Å². The minimum atomic E-state index is -0.360. The van der Waals surface area contributed by atoms with Gasteiger partial charge >= 0.3 is 0 Å². The Morgan fingerprint density at radius 1 is 1.36 bits per heavy atom. The average molecular weight is 196 g/mol. The monoisotopic (exact) mass is 196 g/mol. The molecule has 0 atom stereocenters. The molecule has 1 aromatic carbocycles. The second kappa shape index (κ2) is 4.84. The van der Waals surface area contributed by atoms with Gasteiger partial charge in [0.05, 0.1) is 11.4 Å². The molecule has 78 valence electrons. The van der Waals surface area contributed by atoms with E-state index < -0.39 is 0 Å². The van der Waals surface area contributed by atoms with Crippen LogP contribution in [-0.4, -0.2) is 6.04 Å². The molecular weight excluding hydrogens is 179 g/mol. The van der Waals surface area contributed by atoms with Crippen LogP contribution in [0.4, 0.5) is 15.8 Å². The van der Waals surface area contributed by atoms with E-state index in [1.54, 1.807) is 12.1 Å². The summed E-state index contributed by atoms with van der Waals surface area (Å²) in [7, 11) is 0. The Labute approximate surface area is 84.3 Å². The fourth-order valence-electron chi connectivity index (χ4n) is 1.38. The van der Waals surface area contributed by atoms with Gasteiger partial charge in [-0.25, -0.2) is 4.39 Å². The molecule has 0 radical (unpaired) electrons. The van der Waals surface area contributed by atoms with E-state index in [4.69, 9.17) is 5.73 Å². The van der Waals surface area contributed by atoms with Crippen molar-refractivity contribution in [2.24, 2.45) is 0 Å². The Morgan fingerprint density at radius 2 is 2.00 bits per heavy atom. The Kier molecular flexibility index (Phi) is 3.74. The van der Waals surface area contributed by atoms with Gasteiger partial charge in [-0.15, -0.1) is 0 Å². The Morgan fingerprint density at radius 3 is 2.57 bits per heavy atom. The zero-order valence-electron chi connectivity index (χ0n) is 8.68. The number of para-hydroxylation sites is 1. The Bertz CT molecular complexity index is 295. The smallest absolute Gasteiger partial charge is 0.148 e. The first-order valence-corrected chi connectivity index (χ1v) is 4.99. The second-order valence-corrected chi connectivity index (χ2v) is 3.36. The predicted octanol–water partition coefficient (Wildman–Crippen LogP) is 3.01. The Hall–Kier alpha value is -1.25. The molecule has 3 heteroatoms. The van der Waals surface area contributed by atoms with Gasteiger partial charge in [0.15, 0.2) is 0 Å². The summed E-state index contributed by atoms with van der Waals surface area (Å²) in [5, 5.41) is 3.22. The second-order valence-electron chi connectivity index (χ2n) is 3.36. The predicted molar refractivity (Wildman–Crippen MR) is 58.8 cm³/mol. The maximum Gasteiger partial charge on any atom is 0.148 e. The minimum absolute atomic E-state index is 0.208. The molecule has 2 nitrogen and oxygen atoms in total. The van der Waals surface area contributed by atoms with Gasteiger partial charge in [-0.05, 0) is 25.0 Å². The summed E-state index contributed by atoms with van der Waals surface area (Å²) in [6.07, 6.45) is 2.01. The highest BCUT2D eigenvalue weighted by Gasteiger charge is 2.07. The third kappa shape index (κ3) is 2.37. The normalized spacial score (nSPS) is 10.6. The fourth-order valence-corrected chi connectivity index (χ4v) is 1.38. The summed E-state index contributed by atoms with van der Waals surface area (Å²) in [4.78, 5) is 0. The maximum absolute atomic E-state index is 13.1. The van der Waals surface area contributed by atoms with Crippen molar-refractivity contribution in [3.8, 4) is 0 Å². The zero-order chi connectivity index (χ0) is 10.6. The van der Waals surface area contributed by atoms with Crippen LogP contribution >= 0.6 is 0 Å². The van der Waals surface area contributed by atoms with Crippen molar-refractivity contribution in [1.82, 2.24) is 0 Å². The van der Waals surface area contributed by atoms with Gasteiger partial charge in [-0.1, -0.05) is 19.9 Å². The largest absolute Gasteiger partial charge is 0.395 e. The van der Waals surface area contributed by atoms with Gasteiger partial charge in [0, 0.05) is 6.04 Å².